The fourth-order valence-electron chi connectivity index (χ4n) is 3.44. The molecule has 30 heavy (non-hydrogen) atoms. The van der Waals surface area contributed by atoms with E-state index in [0.717, 1.165) is 30.8 Å². The van der Waals surface area contributed by atoms with E-state index in [1.54, 1.807) is 19.2 Å². The molecule has 0 amide bonds. The van der Waals surface area contributed by atoms with E-state index in [-0.39, 0.29) is 11.0 Å². The summed E-state index contributed by atoms with van der Waals surface area (Å²) in [5, 5.41) is 6.71. The lowest BCUT2D eigenvalue weighted by atomic mass is 10.1. The monoisotopic (exact) mass is 438 g/mol. The molecule has 7 nitrogen and oxygen atoms in total. The molecule has 170 valence electrons. The van der Waals surface area contributed by atoms with Crippen LogP contribution in [-0.4, -0.2) is 46.7 Å². The Morgan fingerprint density at radius 1 is 1.23 bits per heavy atom. The lowest BCUT2D eigenvalue weighted by molar-refractivity contribution is 0.114. The first-order valence-electron chi connectivity index (χ1n) is 11.1. The summed E-state index contributed by atoms with van der Waals surface area (Å²) in [5.41, 5.74) is 0.992. The van der Waals surface area contributed by atoms with Crippen molar-refractivity contribution < 1.29 is 13.2 Å². The Morgan fingerprint density at radius 3 is 2.63 bits per heavy atom. The van der Waals surface area contributed by atoms with Gasteiger partial charge in [-0.05, 0) is 43.9 Å². The Labute approximate surface area is 182 Å². The Hall–Kier alpha value is -1.64. The molecule has 1 saturated heterocycles. The normalized spacial score (nSPS) is 18.4. The Kier molecular flexibility index (Phi) is 10.6. The number of rotatable bonds is 12. The van der Waals surface area contributed by atoms with Gasteiger partial charge in [0.1, 0.15) is 0 Å². The van der Waals surface area contributed by atoms with Gasteiger partial charge in [0.2, 0.25) is 10.0 Å². The second kappa shape index (κ2) is 12.9. The van der Waals surface area contributed by atoms with Gasteiger partial charge in [-0.2, -0.15) is 0 Å². The van der Waals surface area contributed by atoms with Crippen LogP contribution in [0.4, 0.5) is 0 Å². The van der Waals surface area contributed by atoms with Crippen LogP contribution in [0.25, 0.3) is 0 Å². The number of benzene rings is 1. The average molecular weight is 439 g/mol. The molecular formula is C22H38N4O3S. The minimum absolute atomic E-state index is 0.0171. The third-order valence-corrected chi connectivity index (χ3v) is 6.76. The van der Waals surface area contributed by atoms with E-state index in [1.807, 2.05) is 12.1 Å². The molecule has 1 aliphatic heterocycles. The van der Waals surface area contributed by atoms with Gasteiger partial charge in [-0.25, -0.2) is 13.1 Å². The molecule has 0 radical (unpaired) electrons. The molecule has 1 aliphatic rings. The molecule has 8 heteroatoms. The quantitative estimate of drug-likeness (QED) is 0.265. The number of nitrogens with zero attached hydrogens (tertiary/aromatic N) is 1. The molecule has 0 spiro atoms. The van der Waals surface area contributed by atoms with E-state index >= 15 is 0 Å². The predicted molar refractivity (Wildman–Crippen MR) is 122 cm³/mol. The molecule has 1 aromatic carbocycles. The number of hydrogen-bond donors (Lipinski definition) is 3. The van der Waals surface area contributed by atoms with E-state index in [1.165, 1.54) is 25.7 Å². The van der Waals surface area contributed by atoms with Gasteiger partial charge in [0.05, 0.1) is 11.0 Å². The number of guanidine groups is 1. The molecule has 1 fully saturated rings. The van der Waals surface area contributed by atoms with Crippen LogP contribution in [-0.2, 0) is 21.3 Å². The zero-order valence-electron chi connectivity index (χ0n) is 18.6. The Bertz CT molecular complexity index is 744. The SMILES string of the molecule is CCCCCCC(C)NC(=NC)NCc1ccc(S(=O)(=O)NCC2CCCO2)cc1. The fraction of sp³-hybridized carbons (Fsp3) is 0.682. The highest BCUT2D eigenvalue weighted by atomic mass is 32.2. The van der Waals surface area contributed by atoms with E-state index < -0.39 is 10.0 Å². The molecule has 1 heterocycles. The highest BCUT2D eigenvalue weighted by Crippen LogP contribution is 2.14. The number of sulfonamides is 1. The van der Waals surface area contributed by atoms with Crippen molar-refractivity contribution >= 4 is 16.0 Å². The van der Waals surface area contributed by atoms with Gasteiger partial charge in [-0.1, -0.05) is 44.7 Å². The minimum Gasteiger partial charge on any atom is -0.377 e. The summed E-state index contributed by atoms with van der Waals surface area (Å²) in [6, 6.07) is 7.29. The molecule has 2 atom stereocenters. The summed E-state index contributed by atoms with van der Waals surface area (Å²) in [7, 11) is -1.76. The number of ether oxygens (including phenoxy) is 1. The smallest absolute Gasteiger partial charge is 0.240 e. The predicted octanol–water partition coefficient (Wildman–Crippen LogP) is 3.17. The van der Waals surface area contributed by atoms with E-state index in [4.69, 9.17) is 4.74 Å². The van der Waals surface area contributed by atoms with Gasteiger partial charge in [0.25, 0.3) is 0 Å². The topological polar surface area (TPSA) is 91.8 Å². The van der Waals surface area contributed by atoms with Crippen LogP contribution in [0.5, 0.6) is 0 Å². The van der Waals surface area contributed by atoms with Crippen LogP contribution in [0.2, 0.25) is 0 Å². The van der Waals surface area contributed by atoms with Gasteiger partial charge in [-0.3, -0.25) is 4.99 Å². The van der Waals surface area contributed by atoms with Gasteiger partial charge >= 0.3 is 0 Å². The van der Waals surface area contributed by atoms with Crippen molar-refractivity contribution in [3.8, 4) is 0 Å². The molecule has 3 N–H and O–H groups in total. The van der Waals surface area contributed by atoms with E-state index in [0.29, 0.717) is 25.7 Å². The summed E-state index contributed by atoms with van der Waals surface area (Å²) in [6.07, 6.45) is 8.01. The standard InChI is InChI=1S/C22H38N4O3S/c1-4-5-6-7-9-18(2)26-22(23-3)24-16-19-11-13-21(14-12-19)30(27,28)25-17-20-10-8-15-29-20/h11-14,18,20,25H,4-10,15-17H2,1-3H3,(H2,23,24,26). The zero-order chi connectivity index (χ0) is 21.8. The third-order valence-electron chi connectivity index (χ3n) is 5.32. The van der Waals surface area contributed by atoms with Crippen molar-refractivity contribution in [1.29, 1.82) is 0 Å². The lowest BCUT2D eigenvalue weighted by Crippen LogP contribution is -2.41. The van der Waals surface area contributed by atoms with Crippen LogP contribution in [0.1, 0.15) is 64.4 Å². The van der Waals surface area contributed by atoms with Crippen molar-refractivity contribution in [2.75, 3.05) is 20.2 Å². The summed E-state index contributed by atoms with van der Waals surface area (Å²) >= 11 is 0. The summed E-state index contributed by atoms with van der Waals surface area (Å²) in [5.74, 6) is 0.757. The molecule has 0 aliphatic carbocycles. The highest BCUT2D eigenvalue weighted by molar-refractivity contribution is 7.89. The number of unbranched alkanes of at least 4 members (excludes halogenated alkanes) is 3. The van der Waals surface area contributed by atoms with Crippen molar-refractivity contribution in [3.05, 3.63) is 29.8 Å². The maximum atomic E-state index is 12.4. The second-order valence-corrected chi connectivity index (χ2v) is 9.72. The first-order chi connectivity index (χ1) is 14.4. The molecule has 0 aromatic heterocycles. The van der Waals surface area contributed by atoms with Crippen LogP contribution in [0.15, 0.2) is 34.2 Å². The molecule has 1 aromatic rings. The Morgan fingerprint density at radius 2 is 2.00 bits per heavy atom. The van der Waals surface area contributed by atoms with Gasteiger partial charge in [0.15, 0.2) is 5.96 Å². The van der Waals surface area contributed by atoms with Crippen molar-refractivity contribution in [1.82, 2.24) is 15.4 Å². The molecular weight excluding hydrogens is 400 g/mol. The first kappa shape index (κ1) is 24.6. The molecule has 0 bridgehead atoms. The van der Waals surface area contributed by atoms with E-state index in [2.05, 4.69) is 34.2 Å². The first-order valence-corrected chi connectivity index (χ1v) is 12.6. The highest BCUT2D eigenvalue weighted by Gasteiger charge is 2.20. The average Bonchev–Trinajstić information content (AvgIpc) is 3.27. The second-order valence-electron chi connectivity index (χ2n) is 7.95. The largest absolute Gasteiger partial charge is 0.377 e. The van der Waals surface area contributed by atoms with Crippen LogP contribution >= 0.6 is 0 Å². The van der Waals surface area contributed by atoms with Crippen molar-refractivity contribution in [3.63, 3.8) is 0 Å². The zero-order valence-corrected chi connectivity index (χ0v) is 19.4. The summed E-state index contributed by atoms with van der Waals surface area (Å²) in [6.45, 7) is 6.00. The molecule has 0 saturated carbocycles. The minimum atomic E-state index is -3.52. The maximum absolute atomic E-state index is 12.4. The Balaban J connectivity index is 1.78. The van der Waals surface area contributed by atoms with Crippen LogP contribution in [0, 0.1) is 0 Å². The van der Waals surface area contributed by atoms with Gasteiger partial charge in [0, 0.05) is 32.8 Å². The summed E-state index contributed by atoms with van der Waals surface area (Å²) < 4.78 is 33.0. The van der Waals surface area contributed by atoms with Crippen LogP contribution in [0.3, 0.4) is 0 Å². The van der Waals surface area contributed by atoms with Crippen LogP contribution < -0.4 is 15.4 Å². The third kappa shape index (κ3) is 8.62. The lowest BCUT2D eigenvalue weighted by Gasteiger charge is -2.18. The maximum Gasteiger partial charge on any atom is 0.240 e. The molecule has 2 rings (SSSR count). The summed E-state index contributed by atoms with van der Waals surface area (Å²) in [4.78, 5) is 4.55. The fourth-order valence-corrected chi connectivity index (χ4v) is 4.51. The van der Waals surface area contributed by atoms with Gasteiger partial charge in [-0.15, -0.1) is 0 Å². The molecule has 2 unspecified atom stereocenters. The number of hydrogen-bond acceptors (Lipinski definition) is 4. The van der Waals surface area contributed by atoms with Gasteiger partial charge < -0.3 is 15.4 Å². The van der Waals surface area contributed by atoms with Crippen molar-refractivity contribution in [2.45, 2.75) is 82.4 Å². The van der Waals surface area contributed by atoms with E-state index in [9.17, 15) is 8.42 Å². The number of aliphatic imine (C=N–C) groups is 1. The van der Waals surface area contributed by atoms with Crippen molar-refractivity contribution in [2.24, 2.45) is 4.99 Å². The number of nitrogens with one attached hydrogen (secondary N) is 3.